The third-order valence-corrected chi connectivity index (χ3v) is 4.64. The maximum atomic E-state index is 13.4. The number of aryl methyl sites for hydroxylation is 3. The quantitative estimate of drug-likeness (QED) is 0.731. The van der Waals surface area contributed by atoms with Crippen molar-refractivity contribution < 1.29 is 4.39 Å². The maximum Gasteiger partial charge on any atom is 0.144 e. The van der Waals surface area contributed by atoms with E-state index in [0.29, 0.717) is 6.42 Å². The van der Waals surface area contributed by atoms with E-state index in [1.165, 1.54) is 6.07 Å². The fourth-order valence-electron chi connectivity index (χ4n) is 2.75. The zero-order chi connectivity index (χ0) is 14.4. The van der Waals surface area contributed by atoms with Gasteiger partial charge in [0.1, 0.15) is 22.5 Å². The maximum absolute atomic E-state index is 13.4. The molecule has 21 heavy (non-hydrogen) atoms. The first-order valence-corrected chi connectivity index (χ1v) is 7.71. The van der Waals surface area contributed by atoms with Crippen LogP contribution in [0.25, 0.3) is 5.69 Å². The van der Waals surface area contributed by atoms with Crippen LogP contribution in [0.5, 0.6) is 0 Å². The largest absolute Gasteiger partial charge is 0.282 e. The number of nitrogens with zero attached hydrogens (tertiary/aromatic N) is 4. The molecule has 0 spiro atoms. The minimum Gasteiger partial charge on any atom is -0.282 e. The summed E-state index contributed by atoms with van der Waals surface area (Å²) < 4.78 is 15.4. The highest BCUT2D eigenvalue weighted by atomic mass is 32.1. The molecule has 0 radical (unpaired) electrons. The third kappa shape index (κ3) is 2.15. The molecule has 3 heterocycles. The first-order valence-electron chi connectivity index (χ1n) is 6.83. The summed E-state index contributed by atoms with van der Waals surface area (Å²) in [4.78, 5) is 4.48. The van der Waals surface area contributed by atoms with Gasteiger partial charge < -0.3 is 0 Å². The molecule has 6 heteroatoms. The first-order chi connectivity index (χ1) is 10.2. The Balaban J connectivity index is 1.79. The second kappa shape index (κ2) is 4.73. The zero-order valence-electron chi connectivity index (χ0n) is 11.5. The van der Waals surface area contributed by atoms with Crippen LogP contribution in [0.3, 0.4) is 0 Å². The van der Waals surface area contributed by atoms with Crippen molar-refractivity contribution in [3.63, 3.8) is 0 Å². The molecule has 1 aromatic carbocycles. The van der Waals surface area contributed by atoms with Crippen LogP contribution < -0.4 is 0 Å². The van der Waals surface area contributed by atoms with Crippen molar-refractivity contribution in [2.45, 2.75) is 26.2 Å². The average Bonchev–Trinajstić information content (AvgIpc) is 3.06. The molecule has 1 aliphatic rings. The molecule has 0 saturated heterocycles. The van der Waals surface area contributed by atoms with E-state index >= 15 is 0 Å². The van der Waals surface area contributed by atoms with E-state index in [1.807, 2.05) is 18.4 Å². The fourth-order valence-corrected chi connectivity index (χ4v) is 3.51. The molecule has 3 aromatic rings. The first kappa shape index (κ1) is 12.6. The fraction of sp³-hybridized carbons (Fsp3) is 0.267. The van der Waals surface area contributed by atoms with E-state index in [0.717, 1.165) is 46.4 Å². The van der Waals surface area contributed by atoms with Crippen molar-refractivity contribution in [2.75, 3.05) is 0 Å². The minimum absolute atomic E-state index is 0.192. The zero-order valence-corrected chi connectivity index (χ0v) is 12.3. The number of halogens is 1. The molecular weight excluding hydrogens is 287 g/mol. The predicted octanol–water partition coefficient (Wildman–Crippen LogP) is 2.86. The molecule has 0 fully saturated rings. The van der Waals surface area contributed by atoms with E-state index in [4.69, 9.17) is 0 Å². The Bertz CT molecular complexity index is 821. The molecule has 0 saturated carbocycles. The molecule has 2 aromatic heterocycles. The highest BCUT2D eigenvalue weighted by Crippen LogP contribution is 2.27. The van der Waals surface area contributed by atoms with Crippen LogP contribution >= 0.6 is 11.3 Å². The van der Waals surface area contributed by atoms with Crippen LogP contribution in [0.2, 0.25) is 0 Å². The monoisotopic (exact) mass is 300 g/mol. The summed E-state index contributed by atoms with van der Waals surface area (Å²) in [7, 11) is 0. The Labute approximate surface area is 125 Å². The lowest BCUT2D eigenvalue weighted by Crippen LogP contribution is -2.15. The molecule has 0 atom stereocenters. The summed E-state index contributed by atoms with van der Waals surface area (Å²) in [5.41, 5.74) is 3.03. The Morgan fingerprint density at radius 3 is 3.00 bits per heavy atom. The Hall–Kier alpha value is -2.08. The highest BCUT2D eigenvalue weighted by molar-refractivity contribution is 7.09. The van der Waals surface area contributed by atoms with Gasteiger partial charge in [0.05, 0.1) is 12.1 Å². The summed E-state index contributed by atoms with van der Waals surface area (Å²) >= 11 is 1.63. The van der Waals surface area contributed by atoms with Crippen molar-refractivity contribution in [3.8, 4) is 5.69 Å². The molecular formula is C15H13FN4S. The Kier molecular flexibility index (Phi) is 2.85. The predicted molar refractivity (Wildman–Crippen MR) is 78.4 cm³/mol. The number of rotatable bonds is 2. The van der Waals surface area contributed by atoms with Gasteiger partial charge in [-0.25, -0.2) is 9.37 Å². The van der Waals surface area contributed by atoms with Crippen LogP contribution in [-0.4, -0.2) is 19.7 Å². The van der Waals surface area contributed by atoms with Crippen molar-refractivity contribution in [1.82, 2.24) is 19.7 Å². The van der Waals surface area contributed by atoms with Gasteiger partial charge in [-0.15, -0.1) is 21.5 Å². The van der Waals surface area contributed by atoms with Gasteiger partial charge in [0.15, 0.2) is 0 Å². The smallest absolute Gasteiger partial charge is 0.144 e. The lowest BCUT2D eigenvalue weighted by atomic mass is 10.0. The lowest BCUT2D eigenvalue weighted by molar-refractivity contribution is 0.621. The van der Waals surface area contributed by atoms with Crippen LogP contribution in [-0.2, 0) is 19.3 Å². The van der Waals surface area contributed by atoms with E-state index in [2.05, 4.69) is 19.7 Å². The van der Waals surface area contributed by atoms with Crippen LogP contribution in [0.1, 0.15) is 27.9 Å². The number of benzene rings is 1. The highest BCUT2D eigenvalue weighted by Gasteiger charge is 2.22. The number of hydrogen-bond donors (Lipinski definition) is 0. The standard InChI is InChI=1S/C15H13FN4S/c1-9-8-21-15(17-9)7-14-19-18-13-5-2-10-6-11(16)3-4-12(10)20(13)14/h3-4,6,8H,2,5,7H2,1H3. The number of thiazole rings is 1. The number of hydrogen-bond acceptors (Lipinski definition) is 4. The van der Waals surface area contributed by atoms with E-state index in [9.17, 15) is 4.39 Å². The van der Waals surface area contributed by atoms with Crippen molar-refractivity contribution in [3.05, 3.63) is 57.3 Å². The minimum atomic E-state index is -0.192. The Morgan fingerprint density at radius 2 is 2.19 bits per heavy atom. The normalized spacial score (nSPS) is 13.0. The third-order valence-electron chi connectivity index (χ3n) is 3.67. The lowest BCUT2D eigenvalue weighted by Gasteiger charge is -2.19. The molecule has 4 rings (SSSR count). The summed E-state index contributed by atoms with van der Waals surface area (Å²) in [6.07, 6.45) is 2.25. The van der Waals surface area contributed by atoms with Crippen molar-refractivity contribution in [1.29, 1.82) is 0 Å². The van der Waals surface area contributed by atoms with E-state index in [1.54, 1.807) is 17.4 Å². The van der Waals surface area contributed by atoms with Gasteiger partial charge >= 0.3 is 0 Å². The van der Waals surface area contributed by atoms with Gasteiger partial charge in [-0.05, 0) is 37.1 Å². The molecule has 0 amide bonds. The van der Waals surface area contributed by atoms with Gasteiger partial charge in [0.25, 0.3) is 0 Å². The summed E-state index contributed by atoms with van der Waals surface area (Å²) in [6, 6.07) is 4.91. The second-order valence-electron chi connectivity index (χ2n) is 5.20. The van der Waals surface area contributed by atoms with Crippen molar-refractivity contribution >= 4 is 11.3 Å². The van der Waals surface area contributed by atoms with Crippen LogP contribution in [0.15, 0.2) is 23.6 Å². The molecule has 106 valence electrons. The second-order valence-corrected chi connectivity index (χ2v) is 6.14. The van der Waals surface area contributed by atoms with Gasteiger partial charge in [-0.1, -0.05) is 0 Å². The van der Waals surface area contributed by atoms with Gasteiger partial charge in [0.2, 0.25) is 0 Å². The number of fused-ring (bicyclic) bond motifs is 3. The van der Waals surface area contributed by atoms with Crippen LogP contribution in [0.4, 0.5) is 4.39 Å². The van der Waals surface area contributed by atoms with Crippen molar-refractivity contribution in [2.24, 2.45) is 0 Å². The molecule has 1 aliphatic heterocycles. The molecule has 0 bridgehead atoms. The van der Waals surface area contributed by atoms with Gasteiger partial charge in [0, 0.05) is 17.5 Å². The van der Waals surface area contributed by atoms with E-state index in [-0.39, 0.29) is 5.82 Å². The molecule has 0 N–H and O–H groups in total. The summed E-state index contributed by atoms with van der Waals surface area (Å²) in [5, 5.41) is 11.6. The average molecular weight is 300 g/mol. The molecule has 4 nitrogen and oxygen atoms in total. The van der Waals surface area contributed by atoms with Gasteiger partial charge in [-0.3, -0.25) is 4.57 Å². The molecule has 0 aliphatic carbocycles. The van der Waals surface area contributed by atoms with Crippen LogP contribution in [0, 0.1) is 12.7 Å². The molecule has 0 unspecified atom stereocenters. The SMILES string of the molecule is Cc1csc(Cc2nnc3n2-c2ccc(F)cc2CC3)n1. The van der Waals surface area contributed by atoms with E-state index < -0.39 is 0 Å². The summed E-state index contributed by atoms with van der Waals surface area (Å²) in [6.45, 7) is 1.98. The Morgan fingerprint density at radius 1 is 1.29 bits per heavy atom. The summed E-state index contributed by atoms with van der Waals surface area (Å²) in [5.74, 6) is 1.62. The number of aromatic nitrogens is 4. The van der Waals surface area contributed by atoms with Gasteiger partial charge in [-0.2, -0.15) is 0 Å². The topological polar surface area (TPSA) is 43.6 Å².